The fraction of sp³-hybridized carbons (Fsp3) is 0.375. The van der Waals surface area contributed by atoms with E-state index in [-0.39, 0.29) is 19.7 Å². The molecule has 1 aliphatic heterocycles. The van der Waals surface area contributed by atoms with Crippen molar-refractivity contribution in [1.82, 2.24) is 4.31 Å². The Balaban J connectivity index is 1.64. The van der Waals surface area contributed by atoms with Crippen molar-refractivity contribution >= 4 is 41.7 Å². The molecule has 1 heterocycles. The van der Waals surface area contributed by atoms with E-state index in [4.69, 9.17) is 9.47 Å². The Kier molecular flexibility index (Phi) is 9.56. The van der Waals surface area contributed by atoms with Crippen LogP contribution in [0, 0.1) is 0 Å². The average Bonchev–Trinajstić information content (AvgIpc) is 3.13. The minimum absolute atomic E-state index is 0.174. The zero-order valence-corrected chi connectivity index (χ0v) is 27.5. The van der Waals surface area contributed by atoms with E-state index in [1.165, 1.54) is 0 Å². The Labute approximate surface area is 256 Å². The summed E-state index contributed by atoms with van der Waals surface area (Å²) >= 11 is 0. The van der Waals surface area contributed by atoms with Gasteiger partial charge in [0.05, 0.1) is 5.69 Å². The Hall–Kier alpha value is -3.83. The highest BCUT2D eigenvalue weighted by Gasteiger charge is 2.44. The van der Waals surface area contributed by atoms with Crippen molar-refractivity contribution < 1.29 is 27.5 Å². The van der Waals surface area contributed by atoms with Gasteiger partial charge in [0.25, 0.3) is 5.91 Å². The minimum Gasteiger partial charge on any atom is -0.487 e. The molecule has 3 aromatic rings. The van der Waals surface area contributed by atoms with E-state index in [9.17, 15) is 18.0 Å². The number of hydrogen-bond donors (Lipinski definition) is 1. The van der Waals surface area contributed by atoms with Crippen molar-refractivity contribution in [2.45, 2.75) is 65.1 Å². The van der Waals surface area contributed by atoms with Crippen LogP contribution < -0.4 is 14.4 Å². The van der Waals surface area contributed by atoms with Gasteiger partial charge >= 0.3 is 16.3 Å². The molecule has 43 heavy (non-hydrogen) atoms. The molecule has 3 aromatic carbocycles. The lowest BCUT2D eigenvalue weighted by molar-refractivity contribution is -0.123. The Morgan fingerprint density at radius 2 is 1.63 bits per heavy atom. The van der Waals surface area contributed by atoms with Crippen LogP contribution in [0.2, 0.25) is 25.7 Å². The van der Waals surface area contributed by atoms with Crippen molar-refractivity contribution in [2.75, 3.05) is 22.7 Å². The second kappa shape index (κ2) is 12.8. The molecule has 0 aromatic heterocycles. The number of ether oxygens (including phenoxy) is 2. The van der Waals surface area contributed by atoms with Crippen molar-refractivity contribution in [3.8, 4) is 5.75 Å². The molecule has 0 spiro atoms. The summed E-state index contributed by atoms with van der Waals surface area (Å²) in [6.45, 7) is 12.0. The first kappa shape index (κ1) is 32.1. The fourth-order valence-electron chi connectivity index (χ4n) is 4.57. The maximum atomic E-state index is 13.6. The molecule has 0 radical (unpaired) electrons. The van der Waals surface area contributed by atoms with E-state index >= 15 is 0 Å². The number of para-hydroxylation sites is 1. The van der Waals surface area contributed by atoms with Gasteiger partial charge in [-0.05, 0) is 68.1 Å². The fourth-order valence-corrected chi connectivity index (χ4v) is 7.18. The lowest BCUT2D eigenvalue weighted by Crippen LogP contribution is -2.37. The molecule has 1 fully saturated rings. The molecule has 0 bridgehead atoms. The van der Waals surface area contributed by atoms with E-state index in [1.807, 2.05) is 54.6 Å². The summed E-state index contributed by atoms with van der Waals surface area (Å²) in [6, 6.07) is 23.0. The van der Waals surface area contributed by atoms with Crippen molar-refractivity contribution in [3.63, 3.8) is 0 Å². The van der Waals surface area contributed by atoms with Crippen LogP contribution in [0.4, 0.5) is 16.2 Å². The highest BCUT2D eigenvalue weighted by Crippen LogP contribution is 2.37. The van der Waals surface area contributed by atoms with Gasteiger partial charge in [0.1, 0.15) is 24.5 Å². The summed E-state index contributed by atoms with van der Waals surface area (Å²) in [5.41, 5.74) is 2.88. The third kappa shape index (κ3) is 8.61. The van der Waals surface area contributed by atoms with E-state index < -0.39 is 35.9 Å². The van der Waals surface area contributed by atoms with Crippen LogP contribution in [-0.2, 0) is 32.8 Å². The Bertz CT molecular complexity index is 1570. The monoisotopic (exact) mass is 623 g/mol. The van der Waals surface area contributed by atoms with Gasteiger partial charge in [-0.15, -0.1) is 0 Å². The molecule has 2 amide bonds. The second-order valence-corrected chi connectivity index (χ2v) is 20.2. The zero-order valence-electron chi connectivity index (χ0n) is 25.7. The predicted molar refractivity (Wildman–Crippen MR) is 172 cm³/mol. The van der Waals surface area contributed by atoms with Crippen molar-refractivity contribution in [1.29, 1.82) is 0 Å². The smallest absolute Gasteiger partial charge is 0.412 e. The maximum absolute atomic E-state index is 13.6. The Morgan fingerprint density at radius 3 is 2.30 bits per heavy atom. The molecule has 1 N–H and O–H groups in total. The van der Waals surface area contributed by atoms with E-state index in [0.717, 1.165) is 25.3 Å². The molecular weight excluding hydrogens is 583 g/mol. The van der Waals surface area contributed by atoms with Crippen LogP contribution in [-0.4, -0.2) is 51.5 Å². The topological polar surface area (TPSA) is 105 Å². The van der Waals surface area contributed by atoms with Crippen molar-refractivity contribution in [3.05, 3.63) is 89.5 Å². The average molecular weight is 624 g/mol. The highest BCUT2D eigenvalue weighted by atomic mass is 32.2. The lowest BCUT2D eigenvalue weighted by Gasteiger charge is -2.24. The molecule has 9 nitrogen and oxygen atoms in total. The summed E-state index contributed by atoms with van der Waals surface area (Å²) in [5, 5.41) is 2.83. The lowest BCUT2D eigenvalue weighted by atomic mass is 10.0. The van der Waals surface area contributed by atoms with Gasteiger partial charge in [-0.25, -0.2) is 13.4 Å². The minimum atomic E-state index is -4.07. The number of rotatable bonds is 10. The zero-order chi connectivity index (χ0) is 31.4. The van der Waals surface area contributed by atoms with E-state index in [1.54, 1.807) is 39.0 Å². The molecule has 1 aliphatic rings. The van der Waals surface area contributed by atoms with Gasteiger partial charge < -0.3 is 9.47 Å². The quantitative estimate of drug-likeness (QED) is 0.261. The van der Waals surface area contributed by atoms with Crippen LogP contribution in [0.3, 0.4) is 0 Å². The first-order chi connectivity index (χ1) is 20.1. The summed E-state index contributed by atoms with van der Waals surface area (Å²) in [7, 11) is -5.65. The Morgan fingerprint density at radius 1 is 0.953 bits per heavy atom. The molecule has 1 saturated heterocycles. The molecule has 4 rings (SSSR count). The van der Waals surface area contributed by atoms with Crippen LogP contribution in [0.5, 0.6) is 5.75 Å². The first-order valence-corrected chi connectivity index (χ1v) is 19.4. The number of nitrogens with one attached hydrogen (secondary N) is 1. The molecule has 11 heteroatoms. The number of benzene rings is 3. The van der Waals surface area contributed by atoms with Gasteiger partial charge in [-0.2, -0.15) is 8.42 Å². The number of hydrogen-bond acceptors (Lipinski definition) is 6. The SMILES string of the molecule is CC(C)(C)OC(=O)Nc1ccccc1Cc1ccc(N2CC(=O)N(CC[Si](C)(C)C)S2(=O)=O)c(OCc2ccccc2)c1. The second-order valence-electron chi connectivity index (χ2n) is 12.8. The highest BCUT2D eigenvalue weighted by molar-refractivity contribution is 7.91. The summed E-state index contributed by atoms with van der Waals surface area (Å²) in [4.78, 5) is 25.4. The van der Waals surface area contributed by atoms with Crippen LogP contribution in [0.25, 0.3) is 0 Å². The number of carbonyl (C=O) groups excluding carboxylic acids is 2. The molecule has 0 saturated carbocycles. The number of amides is 2. The summed E-state index contributed by atoms with van der Waals surface area (Å²) in [6.07, 6.45) is -0.119. The van der Waals surface area contributed by atoms with Crippen LogP contribution in [0.1, 0.15) is 37.5 Å². The van der Waals surface area contributed by atoms with Gasteiger partial charge in [0.15, 0.2) is 0 Å². The van der Waals surface area contributed by atoms with Gasteiger partial charge in [-0.3, -0.25) is 10.1 Å². The van der Waals surface area contributed by atoms with Crippen LogP contribution in [0.15, 0.2) is 72.8 Å². The number of nitrogens with zero attached hydrogens (tertiary/aromatic N) is 2. The summed E-state index contributed by atoms with van der Waals surface area (Å²) in [5.74, 6) is -0.0964. The van der Waals surface area contributed by atoms with Crippen LogP contribution >= 0.6 is 0 Å². The number of carbonyl (C=O) groups is 2. The third-order valence-electron chi connectivity index (χ3n) is 6.76. The van der Waals surface area contributed by atoms with Gasteiger partial charge in [0.2, 0.25) is 0 Å². The molecule has 0 unspecified atom stereocenters. The molecule has 0 aliphatic carbocycles. The maximum Gasteiger partial charge on any atom is 0.412 e. The van der Waals surface area contributed by atoms with E-state index in [0.29, 0.717) is 29.6 Å². The van der Waals surface area contributed by atoms with Crippen molar-refractivity contribution in [2.24, 2.45) is 0 Å². The largest absolute Gasteiger partial charge is 0.487 e. The standard InChI is InChI=1S/C32H41N3O6SSi/c1-32(2,3)41-31(37)33-27-15-11-10-14-26(27)20-25-16-17-28(29(21-25)40-23-24-12-8-7-9-13-24)35-22-30(36)34(42(35,38)39)18-19-43(4,5)6/h7-17,21H,18-20,22-23H2,1-6H3,(H,33,37). The first-order valence-electron chi connectivity index (χ1n) is 14.3. The molecular formula is C32H41N3O6SSi. The van der Waals surface area contributed by atoms with E-state index in [2.05, 4.69) is 25.0 Å². The van der Waals surface area contributed by atoms with Gasteiger partial charge in [0, 0.05) is 20.3 Å². The normalized spacial score (nSPS) is 15.0. The van der Waals surface area contributed by atoms with Gasteiger partial charge in [-0.1, -0.05) is 74.2 Å². The molecule has 230 valence electrons. The third-order valence-corrected chi connectivity index (χ3v) is 10.3. The summed E-state index contributed by atoms with van der Waals surface area (Å²) < 4.78 is 41.0. The predicted octanol–water partition coefficient (Wildman–Crippen LogP) is 6.44. The number of anilines is 2. The molecule has 0 atom stereocenters.